The van der Waals surface area contributed by atoms with Crippen LogP contribution in [-0.4, -0.2) is 57.5 Å². The molecular formula is C12H20N4O3S. The molecule has 1 saturated heterocycles. The summed E-state index contributed by atoms with van der Waals surface area (Å²) in [5.41, 5.74) is 5.84. The minimum Gasteiger partial charge on any atom is -0.385 e. The van der Waals surface area contributed by atoms with Crippen molar-refractivity contribution in [1.29, 1.82) is 0 Å². The van der Waals surface area contributed by atoms with Crippen molar-refractivity contribution in [1.82, 2.24) is 10.3 Å². The molecule has 1 aliphatic heterocycles. The van der Waals surface area contributed by atoms with Crippen molar-refractivity contribution in [2.75, 3.05) is 57.2 Å². The molecule has 0 aliphatic carbocycles. The normalized spacial score (nSPS) is 15.3. The van der Waals surface area contributed by atoms with Crippen LogP contribution in [0, 0.1) is 0 Å². The van der Waals surface area contributed by atoms with Crippen LogP contribution in [-0.2, 0) is 9.47 Å². The highest BCUT2D eigenvalue weighted by atomic mass is 32.1. The van der Waals surface area contributed by atoms with Crippen LogP contribution in [0.15, 0.2) is 0 Å². The summed E-state index contributed by atoms with van der Waals surface area (Å²) in [6.07, 6.45) is 0.775. The van der Waals surface area contributed by atoms with E-state index in [0.29, 0.717) is 37.1 Å². The number of nitrogen functional groups attached to an aromatic ring is 1. The Balaban J connectivity index is 1.94. The van der Waals surface area contributed by atoms with Crippen LogP contribution in [0.25, 0.3) is 0 Å². The number of hydrogen-bond acceptors (Lipinski definition) is 7. The number of morpholine rings is 1. The predicted octanol–water partition coefficient (Wildman–Crippen LogP) is 0.328. The lowest BCUT2D eigenvalue weighted by Gasteiger charge is -2.25. The summed E-state index contributed by atoms with van der Waals surface area (Å²) >= 11 is 1.33. The van der Waals surface area contributed by atoms with Gasteiger partial charge in [0, 0.05) is 33.4 Å². The molecule has 0 aromatic carbocycles. The van der Waals surface area contributed by atoms with Gasteiger partial charge in [-0.05, 0) is 6.42 Å². The fraction of sp³-hybridized carbons (Fsp3) is 0.667. The molecule has 1 aromatic heterocycles. The van der Waals surface area contributed by atoms with Crippen LogP contribution in [0.3, 0.4) is 0 Å². The number of thiazole rings is 1. The standard InChI is InChI=1S/C12H20N4O3S/c1-18-6-2-3-14-11(17)9-10(13)15-12(20-9)16-4-7-19-8-5-16/h2-8,13H2,1H3,(H,14,17). The van der Waals surface area contributed by atoms with Crippen LogP contribution < -0.4 is 16.0 Å². The van der Waals surface area contributed by atoms with Gasteiger partial charge in [-0.25, -0.2) is 4.98 Å². The Labute approximate surface area is 122 Å². The van der Waals surface area contributed by atoms with Gasteiger partial charge in [0.1, 0.15) is 10.7 Å². The maximum Gasteiger partial charge on any atom is 0.265 e. The second-order valence-electron chi connectivity index (χ2n) is 4.41. The maximum atomic E-state index is 12.0. The van der Waals surface area contributed by atoms with Gasteiger partial charge in [0.2, 0.25) is 0 Å². The summed E-state index contributed by atoms with van der Waals surface area (Å²) in [6, 6.07) is 0. The number of amides is 1. The van der Waals surface area contributed by atoms with Gasteiger partial charge in [-0.3, -0.25) is 4.79 Å². The third kappa shape index (κ3) is 3.81. The fourth-order valence-electron chi connectivity index (χ4n) is 1.87. The van der Waals surface area contributed by atoms with Crippen LogP contribution in [0.2, 0.25) is 0 Å². The number of carbonyl (C=O) groups is 1. The summed E-state index contributed by atoms with van der Waals surface area (Å²) in [7, 11) is 1.64. The number of nitrogens with one attached hydrogen (secondary N) is 1. The summed E-state index contributed by atoms with van der Waals surface area (Å²) in [6.45, 7) is 4.11. The number of rotatable bonds is 6. The number of hydrogen-bond donors (Lipinski definition) is 2. The fourth-order valence-corrected chi connectivity index (χ4v) is 2.82. The molecule has 0 bridgehead atoms. The summed E-state index contributed by atoms with van der Waals surface area (Å²) in [4.78, 5) is 18.9. The van der Waals surface area contributed by atoms with Crippen molar-refractivity contribution in [2.24, 2.45) is 0 Å². The van der Waals surface area contributed by atoms with Crippen LogP contribution in [0.5, 0.6) is 0 Å². The Kier molecular flexibility index (Phi) is 5.57. The average Bonchev–Trinajstić information content (AvgIpc) is 2.86. The first-order valence-corrected chi connectivity index (χ1v) is 7.40. The van der Waals surface area contributed by atoms with Crippen molar-refractivity contribution in [3.05, 3.63) is 4.88 Å². The Hall–Kier alpha value is -1.38. The van der Waals surface area contributed by atoms with Crippen LogP contribution in [0.1, 0.15) is 16.1 Å². The largest absolute Gasteiger partial charge is 0.385 e. The van der Waals surface area contributed by atoms with Gasteiger partial charge in [-0.15, -0.1) is 0 Å². The lowest BCUT2D eigenvalue weighted by Crippen LogP contribution is -2.36. The van der Waals surface area contributed by atoms with Gasteiger partial charge in [0.15, 0.2) is 5.13 Å². The molecule has 7 nitrogen and oxygen atoms in total. The Bertz CT molecular complexity index is 446. The number of aromatic nitrogens is 1. The van der Waals surface area contributed by atoms with Crippen molar-refractivity contribution >= 4 is 28.2 Å². The first-order valence-electron chi connectivity index (χ1n) is 6.58. The SMILES string of the molecule is COCCCNC(=O)c1sc(N2CCOCC2)nc1N. The van der Waals surface area contributed by atoms with Crippen LogP contribution in [0.4, 0.5) is 10.9 Å². The molecule has 112 valence electrons. The van der Waals surface area contributed by atoms with Gasteiger partial charge >= 0.3 is 0 Å². The van der Waals surface area contributed by atoms with E-state index in [2.05, 4.69) is 15.2 Å². The molecule has 0 unspecified atom stereocenters. The Morgan fingerprint density at radius 1 is 1.55 bits per heavy atom. The van der Waals surface area contributed by atoms with E-state index >= 15 is 0 Å². The lowest BCUT2D eigenvalue weighted by molar-refractivity contribution is 0.0953. The number of nitrogens with zero attached hydrogens (tertiary/aromatic N) is 2. The molecule has 3 N–H and O–H groups in total. The summed E-state index contributed by atoms with van der Waals surface area (Å²) in [5, 5.41) is 3.60. The zero-order valence-corrected chi connectivity index (χ0v) is 12.4. The molecule has 8 heteroatoms. The zero-order chi connectivity index (χ0) is 14.4. The summed E-state index contributed by atoms with van der Waals surface area (Å²) < 4.78 is 10.2. The Morgan fingerprint density at radius 3 is 3.00 bits per heavy atom. The molecule has 1 aromatic rings. The molecule has 2 heterocycles. The van der Waals surface area contributed by atoms with Crippen molar-refractivity contribution in [2.45, 2.75) is 6.42 Å². The number of anilines is 2. The minimum absolute atomic E-state index is 0.171. The first kappa shape index (κ1) is 15.0. The third-order valence-corrected chi connectivity index (χ3v) is 4.07. The zero-order valence-electron chi connectivity index (χ0n) is 11.6. The quantitative estimate of drug-likeness (QED) is 0.736. The van der Waals surface area contributed by atoms with Gasteiger partial charge < -0.3 is 25.4 Å². The number of nitrogens with two attached hydrogens (primary N) is 1. The minimum atomic E-state index is -0.171. The summed E-state index contributed by atoms with van der Waals surface area (Å²) in [5.74, 6) is 0.122. The molecular weight excluding hydrogens is 280 g/mol. The maximum absolute atomic E-state index is 12.0. The van der Waals surface area contributed by atoms with E-state index in [0.717, 1.165) is 24.6 Å². The highest BCUT2D eigenvalue weighted by molar-refractivity contribution is 7.18. The highest BCUT2D eigenvalue weighted by Gasteiger charge is 2.20. The monoisotopic (exact) mass is 300 g/mol. The topological polar surface area (TPSA) is 89.7 Å². The molecule has 0 saturated carbocycles. The third-order valence-electron chi connectivity index (χ3n) is 2.94. The van der Waals surface area contributed by atoms with E-state index in [9.17, 15) is 4.79 Å². The van der Waals surface area contributed by atoms with Crippen molar-refractivity contribution < 1.29 is 14.3 Å². The average molecular weight is 300 g/mol. The van der Waals surface area contributed by atoms with Gasteiger partial charge in [-0.1, -0.05) is 11.3 Å². The smallest absolute Gasteiger partial charge is 0.265 e. The highest BCUT2D eigenvalue weighted by Crippen LogP contribution is 2.28. The Morgan fingerprint density at radius 2 is 2.30 bits per heavy atom. The molecule has 1 fully saturated rings. The lowest BCUT2D eigenvalue weighted by atomic mass is 10.4. The molecule has 1 aliphatic rings. The molecule has 0 radical (unpaired) electrons. The number of ether oxygens (including phenoxy) is 2. The van der Waals surface area contributed by atoms with E-state index in [1.165, 1.54) is 11.3 Å². The van der Waals surface area contributed by atoms with Crippen molar-refractivity contribution in [3.8, 4) is 0 Å². The van der Waals surface area contributed by atoms with E-state index in [-0.39, 0.29) is 5.91 Å². The van der Waals surface area contributed by atoms with E-state index in [4.69, 9.17) is 15.2 Å². The molecule has 0 spiro atoms. The molecule has 1 amide bonds. The first-order chi connectivity index (χ1) is 9.72. The van der Waals surface area contributed by atoms with E-state index in [1.54, 1.807) is 7.11 Å². The molecule has 20 heavy (non-hydrogen) atoms. The van der Waals surface area contributed by atoms with Gasteiger partial charge in [0.05, 0.1) is 13.2 Å². The van der Waals surface area contributed by atoms with E-state index in [1.807, 2.05) is 0 Å². The number of methoxy groups -OCH3 is 1. The van der Waals surface area contributed by atoms with Gasteiger partial charge in [0.25, 0.3) is 5.91 Å². The molecule has 0 atom stereocenters. The molecule has 2 rings (SSSR count). The van der Waals surface area contributed by atoms with Gasteiger partial charge in [-0.2, -0.15) is 0 Å². The van der Waals surface area contributed by atoms with E-state index < -0.39 is 0 Å². The second-order valence-corrected chi connectivity index (χ2v) is 5.39. The van der Waals surface area contributed by atoms with Crippen molar-refractivity contribution in [3.63, 3.8) is 0 Å². The second kappa shape index (κ2) is 7.41. The predicted molar refractivity (Wildman–Crippen MR) is 78.4 cm³/mol. The van der Waals surface area contributed by atoms with Crippen LogP contribution >= 0.6 is 11.3 Å². The number of carbonyl (C=O) groups excluding carboxylic acids is 1.